The average molecular weight is 389 g/mol. The summed E-state index contributed by atoms with van der Waals surface area (Å²) in [6.07, 6.45) is -0.270. The van der Waals surface area contributed by atoms with Crippen molar-refractivity contribution in [1.29, 1.82) is 0 Å². The summed E-state index contributed by atoms with van der Waals surface area (Å²) < 4.78 is 66.4. The maximum atomic E-state index is 13.2. The van der Waals surface area contributed by atoms with Gasteiger partial charge in [-0.05, 0) is 42.9 Å². The molecule has 4 nitrogen and oxygen atoms in total. The number of carbonyl (C=O) groups is 1. The van der Waals surface area contributed by atoms with Crippen molar-refractivity contribution in [1.82, 2.24) is 0 Å². The molecule has 1 atom stereocenters. The minimum Gasteiger partial charge on any atom is -0.772 e. The van der Waals surface area contributed by atoms with Crippen LogP contribution < -0.4 is 0 Å². The van der Waals surface area contributed by atoms with E-state index in [4.69, 9.17) is 4.74 Å². The molecular weight excluding hydrogens is 369 g/mol. The molecule has 0 spiro atoms. The van der Waals surface area contributed by atoms with Crippen LogP contribution in [0, 0.1) is 0 Å². The third-order valence-electron chi connectivity index (χ3n) is 4.29. The Labute approximate surface area is 152 Å². The molecule has 0 heterocycles. The zero-order chi connectivity index (χ0) is 19.3. The van der Waals surface area contributed by atoms with Gasteiger partial charge in [0.2, 0.25) is 0 Å². The van der Waals surface area contributed by atoms with Gasteiger partial charge in [-0.2, -0.15) is 13.2 Å². The quantitative estimate of drug-likeness (QED) is 0.418. The first-order valence-electron chi connectivity index (χ1n) is 8.30. The molecule has 8 heteroatoms. The SMILES string of the molecule is C=C(Cc1ccc(CS(=O)[O-])c(C(F)(F)F)c1)C(=O)OC1CCCCC1. The van der Waals surface area contributed by atoms with E-state index in [-0.39, 0.29) is 29.2 Å². The number of hydrogen-bond donors (Lipinski definition) is 0. The van der Waals surface area contributed by atoms with E-state index in [9.17, 15) is 26.7 Å². The Balaban J connectivity index is 2.09. The van der Waals surface area contributed by atoms with Crippen molar-refractivity contribution in [3.63, 3.8) is 0 Å². The smallest absolute Gasteiger partial charge is 0.416 e. The summed E-state index contributed by atoms with van der Waals surface area (Å²) in [4.78, 5) is 12.1. The number of carbonyl (C=O) groups excluding carboxylic acids is 1. The molecule has 0 bridgehead atoms. The fraction of sp³-hybridized carbons (Fsp3) is 0.500. The van der Waals surface area contributed by atoms with E-state index >= 15 is 0 Å². The van der Waals surface area contributed by atoms with E-state index in [1.54, 1.807) is 0 Å². The lowest BCUT2D eigenvalue weighted by Gasteiger charge is -2.22. The second kappa shape index (κ2) is 8.81. The average Bonchev–Trinajstić information content (AvgIpc) is 2.55. The Hall–Kier alpha value is -1.67. The molecule has 1 unspecified atom stereocenters. The molecule has 0 N–H and O–H groups in total. The van der Waals surface area contributed by atoms with Gasteiger partial charge in [-0.3, -0.25) is 4.21 Å². The summed E-state index contributed by atoms with van der Waals surface area (Å²) in [7, 11) is 0. The van der Waals surface area contributed by atoms with Crippen LogP contribution in [-0.4, -0.2) is 20.8 Å². The maximum Gasteiger partial charge on any atom is 0.416 e. The van der Waals surface area contributed by atoms with Gasteiger partial charge in [0, 0.05) is 17.7 Å². The van der Waals surface area contributed by atoms with Gasteiger partial charge in [0.05, 0.1) is 5.56 Å². The van der Waals surface area contributed by atoms with Gasteiger partial charge in [0.1, 0.15) is 6.10 Å². The minimum absolute atomic E-state index is 0.0730. The first kappa shape index (κ1) is 20.6. The molecule has 0 amide bonds. The van der Waals surface area contributed by atoms with Crippen LogP contribution >= 0.6 is 0 Å². The van der Waals surface area contributed by atoms with Gasteiger partial charge in [-0.25, -0.2) is 4.79 Å². The third-order valence-corrected chi connectivity index (χ3v) is 4.83. The van der Waals surface area contributed by atoms with Crippen molar-refractivity contribution in [2.24, 2.45) is 0 Å². The van der Waals surface area contributed by atoms with Crippen molar-refractivity contribution in [3.8, 4) is 0 Å². The van der Waals surface area contributed by atoms with Crippen LogP contribution in [-0.2, 0) is 39.0 Å². The van der Waals surface area contributed by atoms with E-state index in [2.05, 4.69) is 6.58 Å². The number of alkyl halides is 3. The van der Waals surface area contributed by atoms with E-state index in [1.807, 2.05) is 0 Å². The van der Waals surface area contributed by atoms with Gasteiger partial charge in [0.15, 0.2) is 0 Å². The highest BCUT2D eigenvalue weighted by Gasteiger charge is 2.33. The lowest BCUT2D eigenvalue weighted by molar-refractivity contribution is -0.145. The molecule has 1 aromatic rings. The highest BCUT2D eigenvalue weighted by atomic mass is 32.2. The molecule has 1 aliphatic rings. The molecule has 0 saturated heterocycles. The number of esters is 1. The fourth-order valence-electron chi connectivity index (χ4n) is 2.99. The second-order valence-corrected chi connectivity index (χ2v) is 7.28. The summed E-state index contributed by atoms with van der Waals surface area (Å²) in [5.74, 6) is -1.32. The molecule has 2 rings (SSSR count). The van der Waals surface area contributed by atoms with E-state index in [1.165, 1.54) is 6.07 Å². The van der Waals surface area contributed by atoms with E-state index < -0.39 is 34.5 Å². The van der Waals surface area contributed by atoms with Gasteiger partial charge in [0.25, 0.3) is 0 Å². The number of rotatable bonds is 6. The Morgan fingerprint density at radius 2 is 1.92 bits per heavy atom. The summed E-state index contributed by atoms with van der Waals surface area (Å²) in [5, 5.41) is 0. The molecular formula is C18H20F3O4S-. The number of halogens is 3. The van der Waals surface area contributed by atoms with Crippen molar-refractivity contribution in [3.05, 3.63) is 47.0 Å². The Bertz CT molecular complexity index is 694. The van der Waals surface area contributed by atoms with Gasteiger partial charge < -0.3 is 9.29 Å². The van der Waals surface area contributed by atoms with Crippen molar-refractivity contribution >= 4 is 17.0 Å². The monoisotopic (exact) mass is 389 g/mol. The topological polar surface area (TPSA) is 66.4 Å². The number of ether oxygens (including phenoxy) is 1. The highest BCUT2D eigenvalue weighted by molar-refractivity contribution is 7.78. The highest BCUT2D eigenvalue weighted by Crippen LogP contribution is 2.33. The standard InChI is InChI=1S/C18H21F3O4S/c1-12(17(22)25-15-5-3-2-4-6-15)9-13-7-8-14(11-26(23)24)16(10-13)18(19,20)21/h7-8,10,15H,1-6,9,11H2,(H,23,24)/p-1. The van der Waals surface area contributed by atoms with Crippen LogP contribution in [0.5, 0.6) is 0 Å². The van der Waals surface area contributed by atoms with Gasteiger partial charge in [-0.1, -0.05) is 36.2 Å². The lowest BCUT2D eigenvalue weighted by atomic mass is 9.97. The van der Waals surface area contributed by atoms with E-state index in [0.29, 0.717) is 0 Å². The molecule has 0 radical (unpaired) electrons. The fourth-order valence-corrected chi connectivity index (χ4v) is 3.49. The summed E-state index contributed by atoms with van der Waals surface area (Å²) in [5.41, 5.74) is -1.05. The minimum atomic E-state index is -4.69. The van der Waals surface area contributed by atoms with Crippen molar-refractivity contribution in [2.45, 2.75) is 56.6 Å². The zero-order valence-electron chi connectivity index (χ0n) is 14.1. The molecule has 0 aliphatic heterocycles. The third kappa shape index (κ3) is 5.95. The van der Waals surface area contributed by atoms with Crippen molar-refractivity contribution in [2.75, 3.05) is 0 Å². The van der Waals surface area contributed by atoms with Crippen LogP contribution in [0.15, 0.2) is 30.4 Å². The zero-order valence-corrected chi connectivity index (χ0v) is 15.0. The summed E-state index contributed by atoms with van der Waals surface area (Å²) >= 11 is -2.63. The van der Waals surface area contributed by atoms with E-state index in [0.717, 1.165) is 44.2 Å². The van der Waals surface area contributed by atoms with Crippen LogP contribution in [0.2, 0.25) is 0 Å². The largest absolute Gasteiger partial charge is 0.772 e. The second-order valence-electron chi connectivity index (χ2n) is 6.38. The van der Waals surface area contributed by atoms with Crippen LogP contribution in [0.25, 0.3) is 0 Å². The molecule has 1 saturated carbocycles. The summed E-state index contributed by atoms with van der Waals surface area (Å²) in [6.45, 7) is 3.62. The molecule has 1 aliphatic carbocycles. The molecule has 26 heavy (non-hydrogen) atoms. The molecule has 144 valence electrons. The molecule has 1 aromatic carbocycles. The maximum absolute atomic E-state index is 13.2. The summed E-state index contributed by atoms with van der Waals surface area (Å²) in [6, 6.07) is 3.35. The molecule has 0 aromatic heterocycles. The normalized spacial score (nSPS) is 16.9. The predicted molar refractivity (Wildman–Crippen MR) is 89.9 cm³/mol. The van der Waals surface area contributed by atoms with Crippen molar-refractivity contribution < 1.29 is 31.5 Å². The van der Waals surface area contributed by atoms with Crippen LogP contribution in [0.1, 0.15) is 48.8 Å². The number of hydrogen-bond acceptors (Lipinski definition) is 4. The van der Waals surface area contributed by atoms with Crippen LogP contribution in [0.4, 0.5) is 13.2 Å². The first-order chi connectivity index (χ1) is 12.2. The number of benzene rings is 1. The van der Waals surface area contributed by atoms with Gasteiger partial charge in [-0.15, -0.1) is 0 Å². The lowest BCUT2D eigenvalue weighted by Crippen LogP contribution is -2.22. The van der Waals surface area contributed by atoms with Gasteiger partial charge >= 0.3 is 12.1 Å². The Kier molecular flexibility index (Phi) is 7.00. The Morgan fingerprint density at radius 1 is 1.27 bits per heavy atom. The molecule has 1 fully saturated rings. The Morgan fingerprint density at radius 3 is 2.50 bits per heavy atom. The predicted octanol–water partition coefficient (Wildman–Crippen LogP) is 4.06. The first-order valence-corrected chi connectivity index (χ1v) is 9.55. The van der Waals surface area contributed by atoms with Crippen LogP contribution in [0.3, 0.4) is 0 Å².